The van der Waals surface area contributed by atoms with E-state index in [1.807, 2.05) is 53.4 Å². The number of carbonyl (C=O) groups is 3. The maximum Gasteiger partial charge on any atom is 0.420 e. The maximum absolute atomic E-state index is 13.5. The molecule has 0 saturated heterocycles. The molecule has 0 aliphatic carbocycles. The van der Waals surface area contributed by atoms with E-state index in [1.165, 1.54) is 18.0 Å². The molecule has 10 heteroatoms. The van der Waals surface area contributed by atoms with Crippen LogP contribution in [0.15, 0.2) is 91.5 Å². The van der Waals surface area contributed by atoms with Crippen molar-refractivity contribution in [3.05, 3.63) is 103 Å². The molecule has 2 heterocycles. The quantitative estimate of drug-likeness (QED) is 0.265. The van der Waals surface area contributed by atoms with E-state index < -0.39 is 17.6 Å². The molecule has 0 bridgehead atoms. The van der Waals surface area contributed by atoms with Crippen molar-refractivity contribution < 1.29 is 23.9 Å². The first-order valence-corrected chi connectivity index (χ1v) is 13.3. The highest BCUT2D eigenvalue weighted by Crippen LogP contribution is 2.29. The summed E-state index contributed by atoms with van der Waals surface area (Å²) in [6, 6.07) is 21.2. The number of methoxy groups -OCH3 is 1. The molecular formula is C32H31N5O5. The number of aromatic nitrogens is 3. The smallest absolute Gasteiger partial charge is 0.420 e. The summed E-state index contributed by atoms with van der Waals surface area (Å²) in [6.07, 6.45) is 4.61. The van der Waals surface area contributed by atoms with Gasteiger partial charge in [-0.05, 0) is 75.4 Å². The molecule has 0 aliphatic heterocycles. The third-order valence-corrected chi connectivity index (χ3v) is 6.54. The fourth-order valence-corrected chi connectivity index (χ4v) is 4.56. The monoisotopic (exact) mass is 565 g/mol. The van der Waals surface area contributed by atoms with Crippen molar-refractivity contribution in [1.82, 2.24) is 14.1 Å². The van der Waals surface area contributed by atoms with Gasteiger partial charge in [-0.1, -0.05) is 18.2 Å². The number of rotatable bonds is 6. The van der Waals surface area contributed by atoms with E-state index >= 15 is 0 Å². The van der Waals surface area contributed by atoms with E-state index in [0.29, 0.717) is 22.3 Å². The number of para-hydroxylation sites is 3. The molecule has 0 saturated carbocycles. The topological polar surface area (TPSA) is 108 Å². The van der Waals surface area contributed by atoms with Crippen LogP contribution >= 0.6 is 0 Å². The van der Waals surface area contributed by atoms with Gasteiger partial charge in [0.2, 0.25) is 0 Å². The molecule has 0 unspecified atom stereocenters. The largest absolute Gasteiger partial charge is 0.496 e. The molecule has 5 rings (SSSR count). The summed E-state index contributed by atoms with van der Waals surface area (Å²) in [7, 11) is 3.14. The molecule has 42 heavy (non-hydrogen) atoms. The van der Waals surface area contributed by atoms with Gasteiger partial charge in [0.15, 0.2) is 0 Å². The summed E-state index contributed by atoms with van der Waals surface area (Å²) >= 11 is 0. The maximum atomic E-state index is 13.5. The average molecular weight is 566 g/mol. The van der Waals surface area contributed by atoms with Gasteiger partial charge in [-0.25, -0.2) is 14.3 Å². The van der Waals surface area contributed by atoms with Crippen molar-refractivity contribution in [3.8, 4) is 11.4 Å². The Hall–Kier alpha value is -5.38. The predicted octanol–water partition coefficient (Wildman–Crippen LogP) is 6.15. The number of ether oxygens (including phenoxy) is 2. The van der Waals surface area contributed by atoms with Crippen LogP contribution in [0.5, 0.6) is 5.75 Å². The average Bonchev–Trinajstić information content (AvgIpc) is 3.66. The first-order valence-electron chi connectivity index (χ1n) is 13.3. The van der Waals surface area contributed by atoms with E-state index in [0.717, 1.165) is 11.4 Å². The molecule has 0 spiro atoms. The number of fused-ring (bicyclic) bond motifs is 1. The van der Waals surface area contributed by atoms with Gasteiger partial charge in [0, 0.05) is 25.0 Å². The highest BCUT2D eigenvalue weighted by Gasteiger charge is 2.23. The van der Waals surface area contributed by atoms with Crippen molar-refractivity contribution in [2.75, 3.05) is 24.4 Å². The van der Waals surface area contributed by atoms with Crippen molar-refractivity contribution in [1.29, 1.82) is 0 Å². The van der Waals surface area contributed by atoms with Gasteiger partial charge < -0.3 is 24.3 Å². The van der Waals surface area contributed by atoms with Crippen LogP contribution < -0.4 is 15.0 Å². The summed E-state index contributed by atoms with van der Waals surface area (Å²) < 4.78 is 14.2. The van der Waals surface area contributed by atoms with Crippen LogP contribution in [0.3, 0.4) is 0 Å². The molecule has 2 aromatic heterocycles. The first-order chi connectivity index (χ1) is 20.1. The minimum Gasteiger partial charge on any atom is -0.496 e. The zero-order valence-corrected chi connectivity index (χ0v) is 24.0. The van der Waals surface area contributed by atoms with Gasteiger partial charge in [-0.2, -0.15) is 0 Å². The van der Waals surface area contributed by atoms with Crippen molar-refractivity contribution >= 4 is 40.3 Å². The van der Waals surface area contributed by atoms with Crippen LogP contribution in [-0.2, 0) is 4.74 Å². The molecule has 0 atom stereocenters. The van der Waals surface area contributed by atoms with Crippen LogP contribution in [0.4, 0.5) is 16.2 Å². The van der Waals surface area contributed by atoms with Crippen molar-refractivity contribution in [2.45, 2.75) is 26.4 Å². The van der Waals surface area contributed by atoms with E-state index in [2.05, 4.69) is 10.3 Å². The summed E-state index contributed by atoms with van der Waals surface area (Å²) in [5.41, 5.74) is 2.79. The summed E-state index contributed by atoms with van der Waals surface area (Å²) in [6.45, 7) is 5.34. The second-order valence-corrected chi connectivity index (χ2v) is 10.6. The van der Waals surface area contributed by atoms with Gasteiger partial charge in [0.1, 0.15) is 23.2 Å². The van der Waals surface area contributed by atoms with Crippen molar-refractivity contribution in [3.63, 3.8) is 0 Å². The predicted molar refractivity (Wildman–Crippen MR) is 161 cm³/mol. The molecule has 0 aliphatic rings. The Kier molecular flexibility index (Phi) is 7.54. The van der Waals surface area contributed by atoms with E-state index in [1.54, 1.807) is 69.1 Å². The standard InChI is InChI=1S/C32H31N5O5/c1-32(2,3)42-31(40)37-20-33-28-23(11-10-14-26(28)37)34-29(38)22-16-15-21(19-27(22)41-5)30(39)35(4)24-12-6-7-13-25(24)36-17-8-9-18-36/h6-20H,1-5H3,(H,34,38). The Morgan fingerprint density at radius 1 is 0.929 bits per heavy atom. The van der Waals surface area contributed by atoms with E-state index in [4.69, 9.17) is 9.47 Å². The highest BCUT2D eigenvalue weighted by atomic mass is 16.6. The molecule has 2 amide bonds. The Labute approximate surface area is 243 Å². The number of nitrogens with one attached hydrogen (secondary N) is 1. The minimum atomic E-state index is -0.676. The SMILES string of the molecule is COc1cc(C(=O)N(C)c2ccccc2-n2cccc2)ccc1C(=O)Nc1cccc2c1ncn2C(=O)OC(C)(C)C. The lowest BCUT2D eigenvalue weighted by Crippen LogP contribution is -2.27. The number of carbonyl (C=O) groups excluding carboxylic acids is 3. The number of benzene rings is 3. The van der Waals surface area contributed by atoms with Gasteiger partial charge in [-0.15, -0.1) is 0 Å². The normalized spacial score (nSPS) is 11.3. The molecule has 3 aromatic carbocycles. The van der Waals surface area contributed by atoms with Gasteiger partial charge in [0.25, 0.3) is 11.8 Å². The molecule has 5 aromatic rings. The molecule has 10 nitrogen and oxygen atoms in total. The number of hydrogen-bond acceptors (Lipinski definition) is 6. The fourth-order valence-electron chi connectivity index (χ4n) is 4.56. The Morgan fingerprint density at radius 3 is 2.38 bits per heavy atom. The highest BCUT2D eigenvalue weighted by molar-refractivity contribution is 6.12. The Morgan fingerprint density at radius 2 is 1.67 bits per heavy atom. The minimum absolute atomic E-state index is 0.230. The zero-order valence-electron chi connectivity index (χ0n) is 24.0. The lowest BCUT2D eigenvalue weighted by atomic mass is 10.1. The fraction of sp³-hybridized carbons (Fsp3) is 0.188. The number of nitrogens with zero attached hydrogens (tertiary/aromatic N) is 4. The van der Waals surface area contributed by atoms with Crippen LogP contribution in [0.2, 0.25) is 0 Å². The lowest BCUT2D eigenvalue weighted by Gasteiger charge is -2.22. The number of imidazole rings is 1. The van der Waals surface area contributed by atoms with Crippen molar-refractivity contribution in [2.24, 2.45) is 0 Å². The third kappa shape index (κ3) is 5.60. The summed E-state index contributed by atoms with van der Waals surface area (Å²) in [4.78, 5) is 45.4. The van der Waals surface area contributed by atoms with Gasteiger partial charge in [-0.3, -0.25) is 9.59 Å². The van der Waals surface area contributed by atoms with Crippen LogP contribution in [0, 0.1) is 0 Å². The van der Waals surface area contributed by atoms with Gasteiger partial charge >= 0.3 is 6.09 Å². The second-order valence-electron chi connectivity index (χ2n) is 10.6. The third-order valence-electron chi connectivity index (χ3n) is 6.54. The molecule has 0 fully saturated rings. The van der Waals surface area contributed by atoms with Crippen LogP contribution in [0.25, 0.3) is 16.7 Å². The van der Waals surface area contributed by atoms with Gasteiger partial charge in [0.05, 0.1) is 35.3 Å². The number of anilines is 2. The van der Waals surface area contributed by atoms with Crippen LogP contribution in [-0.4, -0.2) is 51.8 Å². The Balaban J connectivity index is 1.39. The summed E-state index contributed by atoms with van der Waals surface area (Å²) in [5.74, 6) is -0.495. The number of amides is 2. The molecule has 0 radical (unpaired) electrons. The van der Waals surface area contributed by atoms with E-state index in [-0.39, 0.29) is 17.2 Å². The number of hydrogen-bond donors (Lipinski definition) is 1. The Bertz CT molecular complexity index is 1780. The molecular weight excluding hydrogens is 534 g/mol. The van der Waals surface area contributed by atoms with E-state index in [9.17, 15) is 14.4 Å². The summed E-state index contributed by atoms with van der Waals surface area (Å²) in [5, 5.41) is 2.85. The molecule has 1 N–H and O–H groups in total. The lowest BCUT2D eigenvalue weighted by molar-refractivity contribution is 0.0543. The zero-order chi connectivity index (χ0) is 30.0. The first kappa shape index (κ1) is 28.2. The van der Waals surface area contributed by atoms with Crippen LogP contribution in [0.1, 0.15) is 41.5 Å². The second kappa shape index (κ2) is 11.2. The molecule has 214 valence electrons.